The van der Waals surface area contributed by atoms with Gasteiger partial charge in [0.2, 0.25) is 0 Å². The molecule has 2 rings (SSSR count). The summed E-state index contributed by atoms with van der Waals surface area (Å²) in [7, 11) is 0. The zero-order valence-corrected chi connectivity index (χ0v) is 11.7. The van der Waals surface area contributed by atoms with Crippen LogP contribution in [0.3, 0.4) is 0 Å². The van der Waals surface area contributed by atoms with Crippen molar-refractivity contribution < 1.29 is 4.79 Å². The topological polar surface area (TPSA) is 59.8 Å². The molecule has 18 heavy (non-hydrogen) atoms. The number of halogens is 1. The molecule has 0 aliphatic rings. The van der Waals surface area contributed by atoms with E-state index in [1.54, 1.807) is 28.9 Å². The molecule has 2 aromatic heterocycles. The highest BCUT2D eigenvalue weighted by molar-refractivity contribution is 9.10. The van der Waals surface area contributed by atoms with Crippen LogP contribution in [0, 0.1) is 0 Å². The first-order valence-electron chi connectivity index (χ1n) is 5.55. The molecule has 0 aliphatic heterocycles. The molecule has 1 amide bonds. The Kier molecular flexibility index (Phi) is 3.76. The van der Waals surface area contributed by atoms with Crippen molar-refractivity contribution in [2.45, 2.75) is 19.9 Å². The minimum Gasteiger partial charge on any atom is -0.304 e. The van der Waals surface area contributed by atoms with E-state index in [9.17, 15) is 4.79 Å². The third-order valence-corrected chi connectivity index (χ3v) is 2.77. The van der Waals surface area contributed by atoms with Crippen molar-refractivity contribution in [3.05, 3.63) is 40.8 Å². The van der Waals surface area contributed by atoms with E-state index in [0.29, 0.717) is 16.1 Å². The van der Waals surface area contributed by atoms with E-state index in [4.69, 9.17) is 0 Å². The molecule has 0 bridgehead atoms. The standard InChI is InChI=1S/C12H13BrN4O/c1-8(2)17-7-6-11(16-17)15-12(18)9-4-3-5-10(13)14-9/h3-8H,1-2H3,(H,15,16,18). The second kappa shape index (κ2) is 5.30. The van der Waals surface area contributed by atoms with Crippen molar-refractivity contribution in [3.63, 3.8) is 0 Å². The smallest absolute Gasteiger partial charge is 0.275 e. The molecule has 0 unspecified atom stereocenters. The van der Waals surface area contributed by atoms with Gasteiger partial charge < -0.3 is 5.32 Å². The SMILES string of the molecule is CC(C)n1ccc(NC(=O)c2cccc(Br)n2)n1. The number of amides is 1. The number of nitrogens with one attached hydrogen (secondary N) is 1. The van der Waals surface area contributed by atoms with Crippen molar-refractivity contribution in [1.82, 2.24) is 14.8 Å². The van der Waals surface area contributed by atoms with Gasteiger partial charge in [-0.2, -0.15) is 5.10 Å². The molecule has 2 heterocycles. The van der Waals surface area contributed by atoms with Crippen molar-refractivity contribution >= 4 is 27.7 Å². The Hall–Kier alpha value is -1.69. The van der Waals surface area contributed by atoms with Gasteiger partial charge >= 0.3 is 0 Å². The molecule has 0 spiro atoms. The summed E-state index contributed by atoms with van der Waals surface area (Å²) in [6.45, 7) is 4.04. The number of carbonyl (C=O) groups is 1. The Morgan fingerprint density at radius 2 is 2.17 bits per heavy atom. The van der Waals surface area contributed by atoms with Crippen LogP contribution in [-0.4, -0.2) is 20.7 Å². The number of aromatic nitrogens is 3. The predicted molar refractivity (Wildman–Crippen MR) is 72.5 cm³/mol. The fraction of sp³-hybridized carbons (Fsp3) is 0.250. The maximum atomic E-state index is 11.9. The Morgan fingerprint density at radius 1 is 1.39 bits per heavy atom. The first-order valence-corrected chi connectivity index (χ1v) is 6.34. The van der Waals surface area contributed by atoms with Crippen molar-refractivity contribution in [2.75, 3.05) is 5.32 Å². The van der Waals surface area contributed by atoms with E-state index in [0.717, 1.165) is 0 Å². The van der Waals surface area contributed by atoms with E-state index in [2.05, 4.69) is 31.3 Å². The molecule has 0 saturated carbocycles. The maximum Gasteiger partial charge on any atom is 0.275 e. The fourth-order valence-electron chi connectivity index (χ4n) is 1.41. The second-order valence-electron chi connectivity index (χ2n) is 4.07. The summed E-state index contributed by atoms with van der Waals surface area (Å²) in [5.74, 6) is 0.251. The van der Waals surface area contributed by atoms with E-state index in [-0.39, 0.29) is 11.9 Å². The number of nitrogens with zero attached hydrogens (tertiary/aromatic N) is 3. The molecule has 0 saturated heterocycles. The number of carbonyl (C=O) groups excluding carboxylic acids is 1. The highest BCUT2D eigenvalue weighted by Crippen LogP contribution is 2.11. The van der Waals surface area contributed by atoms with Crippen LogP contribution in [0.1, 0.15) is 30.4 Å². The summed E-state index contributed by atoms with van der Waals surface area (Å²) in [5, 5.41) is 6.95. The van der Waals surface area contributed by atoms with E-state index in [1.807, 2.05) is 20.0 Å². The average Bonchev–Trinajstić information content (AvgIpc) is 2.77. The lowest BCUT2D eigenvalue weighted by Crippen LogP contribution is -2.14. The molecule has 6 heteroatoms. The lowest BCUT2D eigenvalue weighted by Gasteiger charge is -2.04. The Bertz CT molecular complexity index is 565. The summed E-state index contributed by atoms with van der Waals surface area (Å²) in [6, 6.07) is 7.21. The van der Waals surface area contributed by atoms with Gasteiger partial charge in [0, 0.05) is 18.3 Å². The molecular formula is C12H13BrN4O. The number of hydrogen-bond acceptors (Lipinski definition) is 3. The van der Waals surface area contributed by atoms with Crippen molar-refractivity contribution in [1.29, 1.82) is 0 Å². The first kappa shape index (κ1) is 12.8. The molecule has 0 aromatic carbocycles. The van der Waals surface area contributed by atoms with Crippen LogP contribution in [0.4, 0.5) is 5.82 Å². The fourth-order valence-corrected chi connectivity index (χ4v) is 1.75. The Labute approximate surface area is 113 Å². The van der Waals surface area contributed by atoms with Crippen molar-refractivity contribution in [2.24, 2.45) is 0 Å². The van der Waals surface area contributed by atoms with Crippen LogP contribution in [-0.2, 0) is 0 Å². The minimum atomic E-state index is -0.273. The Morgan fingerprint density at radius 3 is 2.78 bits per heavy atom. The zero-order chi connectivity index (χ0) is 13.1. The third kappa shape index (κ3) is 2.95. The van der Waals surface area contributed by atoms with Gasteiger partial charge in [-0.3, -0.25) is 9.48 Å². The number of anilines is 1. The lowest BCUT2D eigenvalue weighted by molar-refractivity contribution is 0.102. The largest absolute Gasteiger partial charge is 0.304 e. The summed E-state index contributed by atoms with van der Waals surface area (Å²) in [6.07, 6.45) is 1.83. The molecule has 2 aromatic rings. The second-order valence-corrected chi connectivity index (χ2v) is 4.89. The molecular weight excluding hydrogens is 296 g/mol. The first-order chi connectivity index (χ1) is 8.56. The summed E-state index contributed by atoms with van der Waals surface area (Å²) in [5.41, 5.74) is 0.350. The highest BCUT2D eigenvalue weighted by Gasteiger charge is 2.10. The third-order valence-electron chi connectivity index (χ3n) is 2.33. The monoisotopic (exact) mass is 308 g/mol. The van der Waals surface area contributed by atoms with Crippen LogP contribution < -0.4 is 5.32 Å². The van der Waals surface area contributed by atoms with Gasteiger partial charge in [-0.25, -0.2) is 4.98 Å². The number of rotatable bonds is 3. The molecule has 94 valence electrons. The van der Waals surface area contributed by atoms with Gasteiger partial charge in [0.05, 0.1) is 0 Å². The van der Waals surface area contributed by atoms with Crippen LogP contribution in [0.25, 0.3) is 0 Å². The highest BCUT2D eigenvalue weighted by atomic mass is 79.9. The van der Waals surface area contributed by atoms with E-state index in [1.165, 1.54) is 0 Å². The van der Waals surface area contributed by atoms with Gasteiger partial charge in [0.1, 0.15) is 10.3 Å². The molecule has 1 N–H and O–H groups in total. The molecule has 0 aliphatic carbocycles. The van der Waals surface area contributed by atoms with Crippen LogP contribution in [0.5, 0.6) is 0 Å². The van der Waals surface area contributed by atoms with Crippen LogP contribution >= 0.6 is 15.9 Å². The average molecular weight is 309 g/mol. The quantitative estimate of drug-likeness (QED) is 0.887. The van der Waals surface area contributed by atoms with Crippen molar-refractivity contribution in [3.8, 4) is 0 Å². The van der Waals surface area contributed by atoms with Gasteiger partial charge in [0.15, 0.2) is 5.82 Å². The number of pyridine rings is 1. The maximum absolute atomic E-state index is 11.9. The van der Waals surface area contributed by atoms with Gasteiger partial charge in [0.25, 0.3) is 5.91 Å². The summed E-state index contributed by atoms with van der Waals surface area (Å²) < 4.78 is 2.41. The van der Waals surface area contributed by atoms with Gasteiger partial charge in [-0.1, -0.05) is 6.07 Å². The van der Waals surface area contributed by atoms with E-state index >= 15 is 0 Å². The number of hydrogen-bond donors (Lipinski definition) is 1. The molecule has 0 atom stereocenters. The van der Waals surface area contributed by atoms with Gasteiger partial charge in [-0.05, 0) is 41.9 Å². The predicted octanol–water partition coefficient (Wildman–Crippen LogP) is 2.87. The molecule has 5 nitrogen and oxygen atoms in total. The normalized spacial score (nSPS) is 10.7. The van der Waals surface area contributed by atoms with Gasteiger partial charge in [-0.15, -0.1) is 0 Å². The Balaban J connectivity index is 2.11. The minimum absolute atomic E-state index is 0.264. The van der Waals surface area contributed by atoms with E-state index < -0.39 is 0 Å². The lowest BCUT2D eigenvalue weighted by atomic mass is 10.3. The summed E-state index contributed by atoms with van der Waals surface area (Å²) >= 11 is 3.23. The van der Waals surface area contributed by atoms with Crippen LogP contribution in [0.2, 0.25) is 0 Å². The summed E-state index contributed by atoms with van der Waals surface area (Å²) in [4.78, 5) is 16.0. The zero-order valence-electron chi connectivity index (χ0n) is 10.1. The molecule has 0 fully saturated rings. The molecule has 0 radical (unpaired) electrons. The van der Waals surface area contributed by atoms with Crippen LogP contribution in [0.15, 0.2) is 35.1 Å².